The van der Waals surface area contributed by atoms with E-state index in [0.29, 0.717) is 19.4 Å². The van der Waals surface area contributed by atoms with Crippen molar-refractivity contribution in [3.8, 4) is 0 Å². The Morgan fingerprint density at radius 3 is 2.60 bits per heavy atom. The smallest absolute Gasteiger partial charge is 0.304 e. The first kappa shape index (κ1) is 15.0. The molecule has 0 radical (unpaired) electrons. The van der Waals surface area contributed by atoms with E-state index in [-0.39, 0.29) is 17.8 Å². The quantitative estimate of drug-likeness (QED) is 0.918. The molecule has 1 N–H and O–H groups in total. The zero-order chi connectivity index (χ0) is 14.8. The minimum atomic E-state index is -0.824. The number of halogens is 1. The molecule has 2 rings (SSSR count). The molecule has 0 saturated carbocycles. The molecule has 0 spiro atoms. The summed E-state index contributed by atoms with van der Waals surface area (Å²) in [5, 5.41) is 9.27. The molecule has 1 aliphatic rings. The average molecular weight is 280 g/mol. The van der Waals surface area contributed by atoms with Gasteiger partial charge in [0.15, 0.2) is 0 Å². The Morgan fingerprint density at radius 1 is 1.40 bits per heavy atom. The van der Waals surface area contributed by atoms with Crippen LogP contribution in [0.15, 0.2) is 24.3 Å². The molecule has 3 nitrogen and oxygen atoms in total. The summed E-state index contributed by atoms with van der Waals surface area (Å²) in [4.78, 5) is 11.3. The number of rotatable bonds is 4. The first-order valence-corrected chi connectivity index (χ1v) is 7.01. The number of hydrogen-bond acceptors (Lipinski definition) is 2. The molecule has 20 heavy (non-hydrogen) atoms. The molecule has 1 heterocycles. The van der Waals surface area contributed by atoms with Gasteiger partial charge in [-0.15, -0.1) is 0 Å². The van der Waals surface area contributed by atoms with Crippen LogP contribution in [0.4, 0.5) is 4.39 Å². The highest BCUT2D eigenvalue weighted by atomic mass is 19.1. The van der Waals surface area contributed by atoms with Crippen LogP contribution >= 0.6 is 0 Å². The van der Waals surface area contributed by atoms with Crippen LogP contribution in [0, 0.1) is 5.82 Å². The van der Waals surface area contributed by atoms with Crippen molar-refractivity contribution in [2.45, 2.75) is 50.5 Å². The number of benzene rings is 1. The minimum Gasteiger partial charge on any atom is -0.481 e. The van der Waals surface area contributed by atoms with Gasteiger partial charge in [0.1, 0.15) is 5.82 Å². The van der Waals surface area contributed by atoms with Crippen LogP contribution in [0.2, 0.25) is 0 Å². The molecular weight excluding hydrogens is 259 g/mol. The number of carbonyl (C=O) groups is 1. The molecule has 2 atom stereocenters. The lowest BCUT2D eigenvalue weighted by Gasteiger charge is -2.46. The minimum absolute atomic E-state index is 0.0532. The van der Waals surface area contributed by atoms with Crippen LogP contribution in [-0.2, 0) is 14.9 Å². The molecule has 110 valence electrons. The molecule has 0 amide bonds. The number of carboxylic acids is 1. The van der Waals surface area contributed by atoms with Gasteiger partial charge < -0.3 is 9.84 Å². The molecular formula is C16H21FO3. The van der Waals surface area contributed by atoms with Crippen molar-refractivity contribution in [1.29, 1.82) is 0 Å². The Kier molecular flexibility index (Phi) is 4.14. The van der Waals surface area contributed by atoms with E-state index in [1.807, 2.05) is 13.8 Å². The highest BCUT2D eigenvalue weighted by Crippen LogP contribution is 2.45. The van der Waals surface area contributed by atoms with Gasteiger partial charge in [0.2, 0.25) is 0 Å². The maximum atomic E-state index is 13.1. The van der Waals surface area contributed by atoms with E-state index in [1.165, 1.54) is 12.1 Å². The zero-order valence-corrected chi connectivity index (χ0v) is 12.0. The first-order valence-electron chi connectivity index (χ1n) is 7.01. The fraction of sp³-hybridized carbons (Fsp3) is 0.562. The summed E-state index contributed by atoms with van der Waals surface area (Å²) >= 11 is 0. The highest BCUT2D eigenvalue weighted by Gasteiger charge is 2.44. The summed E-state index contributed by atoms with van der Waals surface area (Å²) in [5.74, 6) is -1.13. The van der Waals surface area contributed by atoms with Crippen molar-refractivity contribution in [2.75, 3.05) is 6.61 Å². The van der Waals surface area contributed by atoms with Crippen molar-refractivity contribution in [1.82, 2.24) is 0 Å². The van der Waals surface area contributed by atoms with Crippen LogP contribution in [0.1, 0.15) is 45.1 Å². The maximum absolute atomic E-state index is 13.1. The zero-order valence-electron chi connectivity index (χ0n) is 12.0. The number of hydrogen-bond donors (Lipinski definition) is 1. The lowest BCUT2D eigenvalue weighted by atomic mass is 9.66. The summed E-state index contributed by atoms with van der Waals surface area (Å²) in [7, 11) is 0. The van der Waals surface area contributed by atoms with Crippen molar-refractivity contribution >= 4 is 5.97 Å². The van der Waals surface area contributed by atoms with Gasteiger partial charge in [0, 0.05) is 12.0 Å². The summed E-state index contributed by atoms with van der Waals surface area (Å²) in [6, 6.07) is 6.22. The molecule has 0 aliphatic carbocycles. The summed E-state index contributed by atoms with van der Waals surface area (Å²) in [6.07, 6.45) is 2.18. The van der Waals surface area contributed by atoms with Gasteiger partial charge in [0.25, 0.3) is 0 Å². The Balaban J connectivity index is 2.39. The van der Waals surface area contributed by atoms with Crippen LogP contribution in [-0.4, -0.2) is 23.3 Å². The molecule has 0 aromatic heterocycles. The molecule has 1 aliphatic heterocycles. The molecule has 1 aromatic rings. The standard InChI is InChI=1S/C16H21FO3/c1-3-15(2)11-16(8-9-20-15,10-14(18)19)12-4-6-13(17)7-5-12/h4-7H,3,8-11H2,1-2H3,(H,18,19). The molecule has 2 unspecified atom stereocenters. The molecule has 4 heteroatoms. The number of carboxylic acid groups (broad SMARTS) is 1. The van der Waals surface area contributed by atoms with E-state index in [4.69, 9.17) is 4.74 Å². The average Bonchev–Trinajstić information content (AvgIpc) is 2.38. The molecule has 1 fully saturated rings. The lowest BCUT2D eigenvalue weighted by Crippen LogP contribution is -2.46. The number of aliphatic carboxylic acids is 1. The predicted molar refractivity (Wildman–Crippen MR) is 74.2 cm³/mol. The Labute approximate surface area is 118 Å². The van der Waals surface area contributed by atoms with Crippen molar-refractivity contribution < 1.29 is 19.0 Å². The summed E-state index contributed by atoms with van der Waals surface area (Å²) in [5.41, 5.74) is 0.106. The van der Waals surface area contributed by atoms with Crippen molar-refractivity contribution in [3.05, 3.63) is 35.6 Å². The predicted octanol–water partition coefficient (Wildman–Crippen LogP) is 3.52. The molecule has 1 aromatic carbocycles. The van der Waals surface area contributed by atoms with Gasteiger partial charge in [-0.1, -0.05) is 19.1 Å². The second-order valence-electron chi connectivity index (χ2n) is 5.94. The van der Waals surface area contributed by atoms with Gasteiger partial charge >= 0.3 is 5.97 Å². The third-order valence-corrected chi connectivity index (χ3v) is 4.44. The van der Waals surface area contributed by atoms with Crippen LogP contribution in [0.3, 0.4) is 0 Å². The van der Waals surface area contributed by atoms with Gasteiger partial charge in [-0.3, -0.25) is 4.79 Å². The second kappa shape index (κ2) is 5.52. The summed E-state index contributed by atoms with van der Waals surface area (Å²) in [6.45, 7) is 4.60. The Morgan fingerprint density at radius 2 is 2.05 bits per heavy atom. The largest absolute Gasteiger partial charge is 0.481 e. The fourth-order valence-electron chi connectivity index (χ4n) is 3.17. The van der Waals surface area contributed by atoms with Crippen LogP contribution in [0.25, 0.3) is 0 Å². The van der Waals surface area contributed by atoms with Gasteiger partial charge in [-0.2, -0.15) is 0 Å². The third kappa shape index (κ3) is 3.01. The monoisotopic (exact) mass is 280 g/mol. The maximum Gasteiger partial charge on any atom is 0.304 e. The lowest BCUT2D eigenvalue weighted by molar-refractivity contribution is -0.143. The van der Waals surface area contributed by atoms with Gasteiger partial charge in [-0.25, -0.2) is 4.39 Å². The van der Waals surface area contributed by atoms with E-state index in [2.05, 4.69) is 0 Å². The molecule has 0 bridgehead atoms. The second-order valence-corrected chi connectivity index (χ2v) is 5.94. The first-order chi connectivity index (χ1) is 9.39. The van der Waals surface area contributed by atoms with E-state index in [1.54, 1.807) is 12.1 Å². The van der Waals surface area contributed by atoms with Gasteiger partial charge in [0.05, 0.1) is 12.0 Å². The van der Waals surface area contributed by atoms with E-state index < -0.39 is 11.4 Å². The normalized spacial score (nSPS) is 30.1. The molecule has 1 saturated heterocycles. The van der Waals surface area contributed by atoms with Crippen molar-refractivity contribution in [3.63, 3.8) is 0 Å². The van der Waals surface area contributed by atoms with Crippen LogP contribution < -0.4 is 0 Å². The van der Waals surface area contributed by atoms with E-state index >= 15 is 0 Å². The van der Waals surface area contributed by atoms with Crippen molar-refractivity contribution in [2.24, 2.45) is 0 Å². The topological polar surface area (TPSA) is 46.5 Å². The van der Waals surface area contributed by atoms with E-state index in [0.717, 1.165) is 12.0 Å². The van der Waals surface area contributed by atoms with Gasteiger partial charge in [-0.05, 0) is 43.9 Å². The Bertz CT molecular complexity index is 485. The number of ether oxygens (including phenoxy) is 1. The third-order valence-electron chi connectivity index (χ3n) is 4.44. The van der Waals surface area contributed by atoms with Crippen LogP contribution in [0.5, 0.6) is 0 Å². The summed E-state index contributed by atoms with van der Waals surface area (Å²) < 4.78 is 18.9. The fourth-order valence-corrected chi connectivity index (χ4v) is 3.17. The van der Waals surface area contributed by atoms with E-state index in [9.17, 15) is 14.3 Å². The highest BCUT2D eigenvalue weighted by molar-refractivity contribution is 5.69. The Hall–Kier alpha value is -1.42. The SMILES string of the molecule is CCC1(C)CC(CC(=O)O)(c2ccc(F)cc2)CCO1.